The van der Waals surface area contributed by atoms with Gasteiger partial charge in [-0.1, -0.05) is 28.8 Å². The molecule has 2 aliphatic heterocycles. The second kappa shape index (κ2) is 7.17. The number of hydrogen-bond donors (Lipinski definition) is 1. The standard InChI is InChI=1S/C19H22N4O2S/c1-2-9-23-10-7-19(8-11-23)12-15(14-5-3-4-6-17(14)25-19)20-18(24)16-13-26-22-21-16/h2-6,13,15H,1,7-12H2,(H,20,24)/t15-/m1/s1. The molecule has 2 aromatic rings. The lowest BCUT2D eigenvalue weighted by molar-refractivity contribution is -0.0223. The summed E-state index contributed by atoms with van der Waals surface area (Å²) >= 11 is 1.18. The monoisotopic (exact) mass is 370 g/mol. The summed E-state index contributed by atoms with van der Waals surface area (Å²) in [6.45, 7) is 6.69. The molecule has 4 rings (SSSR count). The highest BCUT2D eigenvalue weighted by molar-refractivity contribution is 7.03. The van der Waals surface area contributed by atoms with Gasteiger partial charge in [0.05, 0.1) is 6.04 Å². The molecule has 1 fully saturated rings. The molecule has 3 heterocycles. The van der Waals surface area contributed by atoms with Gasteiger partial charge in [0.1, 0.15) is 11.4 Å². The summed E-state index contributed by atoms with van der Waals surface area (Å²) in [5.74, 6) is 0.692. The predicted molar refractivity (Wildman–Crippen MR) is 100 cm³/mol. The van der Waals surface area contributed by atoms with Crippen LogP contribution in [0.1, 0.15) is 41.4 Å². The second-order valence-electron chi connectivity index (χ2n) is 6.93. The molecule has 7 heteroatoms. The number of aromatic nitrogens is 2. The van der Waals surface area contributed by atoms with E-state index in [-0.39, 0.29) is 17.6 Å². The first-order valence-electron chi connectivity index (χ1n) is 8.88. The second-order valence-corrected chi connectivity index (χ2v) is 7.54. The van der Waals surface area contributed by atoms with Crippen molar-refractivity contribution >= 4 is 17.4 Å². The lowest BCUT2D eigenvalue weighted by atomic mass is 9.80. The Morgan fingerprint density at radius 1 is 1.42 bits per heavy atom. The number of amides is 1. The molecule has 0 radical (unpaired) electrons. The van der Waals surface area contributed by atoms with Gasteiger partial charge in [-0.2, -0.15) is 0 Å². The van der Waals surface area contributed by atoms with Crippen molar-refractivity contribution in [3.63, 3.8) is 0 Å². The fraction of sp³-hybridized carbons (Fsp3) is 0.421. The number of nitrogens with one attached hydrogen (secondary N) is 1. The van der Waals surface area contributed by atoms with Crippen LogP contribution in [-0.2, 0) is 0 Å². The molecule has 0 aliphatic carbocycles. The molecule has 0 bridgehead atoms. The molecular formula is C19H22N4O2S. The fourth-order valence-electron chi connectivity index (χ4n) is 3.87. The minimum atomic E-state index is -0.232. The van der Waals surface area contributed by atoms with Gasteiger partial charge in [-0.3, -0.25) is 9.69 Å². The maximum Gasteiger partial charge on any atom is 0.273 e. The van der Waals surface area contributed by atoms with Gasteiger partial charge in [0.2, 0.25) is 0 Å². The van der Waals surface area contributed by atoms with E-state index >= 15 is 0 Å². The van der Waals surface area contributed by atoms with Crippen LogP contribution in [0.3, 0.4) is 0 Å². The van der Waals surface area contributed by atoms with E-state index in [1.807, 2.05) is 30.3 Å². The third kappa shape index (κ3) is 3.37. The van der Waals surface area contributed by atoms with E-state index < -0.39 is 0 Å². The van der Waals surface area contributed by atoms with Crippen LogP contribution in [0.5, 0.6) is 5.75 Å². The highest BCUT2D eigenvalue weighted by Crippen LogP contribution is 2.44. The van der Waals surface area contributed by atoms with Crippen LogP contribution in [0, 0.1) is 0 Å². The Labute approximate surface area is 157 Å². The van der Waals surface area contributed by atoms with E-state index in [0.29, 0.717) is 5.69 Å². The Bertz CT molecular complexity index is 785. The minimum Gasteiger partial charge on any atom is -0.487 e. The molecule has 0 saturated carbocycles. The summed E-state index contributed by atoms with van der Waals surface area (Å²) in [5, 5.41) is 8.69. The summed E-state index contributed by atoms with van der Waals surface area (Å²) in [4.78, 5) is 14.9. The van der Waals surface area contributed by atoms with Crippen molar-refractivity contribution < 1.29 is 9.53 Å². The minimum absolute atomic E-state index is 0.0832. The van der Waals surface area contributed by atoms with Gasteiger partial charge >= 0.3 is 0 Å². The van der Waals surface area contributed by atoms with Gasteiger partial charge in [-0.15, -0.1) is 11.7 Å². The molecule has 2 aliphatic rings. The number of nitrogens with zero attached hydrogens (tertiary/aromatic N) is 3. The van der Waals surface area contributed by atoms with Crippen molar-refractivity contribution in [2.45, 2.75) is 30.9 Å². The summed E-state index contributed by atoms with van der Waals surface area (Å²) in [6, 6.07) is 7.90. The molecule has 6 nitrogen and oxygen atoms in total. The van der Waals surface area contributed by atoms with Gasteiger partial charge in [-0.05, 0) is 30.4 Å². The normalized spacial score (nSPS) is 21.6. The molecule has 0 unspecified atom stereocenters. The number of hydrogen-bond acceptors (Lipinski definition) is 6. The molecule has 136 valence electrons. The number of likely N-dealkylation sites (tertiary alicyclic amines) is 1. The van der Waals surface area contributed by atoms with E-state index in [9.17, 15) is 4.79 Å². The first-order chi connectivity index (χ1) is 12.7. The molecule has 1 aromatic heterocycles. The zero-order valence-corrected chi connectivity index (χ0v) is 15.4. The van der Waals surface area contributed by atoms with Crippen LogP contribution in [0.4, 0.5) is 0 Å². The van der Waals surface area contributed by atoms with Gasteiger partial charge in [0.15, 0.2) is 5.69 Å². The lowest BCUT2D eigenvalue weighted by Crippen LogP contribution is -2.52. The number of para-hydroxylation sites is 1. The van der Waals surface area contributed by atoms with Crippen LogP contribution in [0.2, 0.25) is 0 Å². The SMILES string of the molecule is C=CCN1CCC2(CC1)C[C@@H](NC(=O)c1csnn1)c1ccccc1O2. The van der Waals surface area contributed by atoms with E-state index in [1.165, 1.54) is 11.5 Å². The largest absolute Gasteiger partial charge is 0.487 e. The van der Waals surface area contributed by atoms with Crippen molar-refractivity contribution in [2.24, 2.45) is 0 Å². The average Bonchev–Trinajstić information content (AvgIpc) is 3.19. The fourth-order valence-corrected chi connectivity index (χ4v) is 4.31. The van der Waals surface area contributed by atoms with E-state index in [0.717, 1.165) is 50.2 Å². The molecular weight excluding hydrogens is 348 g/mol. The molecule has 1 saturated heterocycles. The lowest BCUT2D eigenvalue weighted by Gasteiger charge is -2.46. The first-order valence-corrected chi connectivity index (χ1v) is 9.72. The smallest absolute Gasteiger partial charge is 0.273 e. The Balaban J connectivity index is 1.56. The molecule has 1 amide bonds. The number of ether oxygens (including phenoxy) is 1. The highest BCUT2D eigenvalue weighted by atomic mass is 32.1. The van der Waals surface area contributed by atoms with Crippen molar-refractivity contribution in [1.82, 2.24) is 19.8 Å². The molecule has 1 aromatic carbocycles. The summed E-state index contributed by atoms with van der Waals surface area (Å²) in [6.07, 6.45) is 4.61. The number of rotatable bonds is 4. The summed E-state index contributed by atoms with van der Waals surface area (Å²) < 4.78 is 10.2. The number of carbonyl (C=O) groups excluding carboxylic acids is 1. The Morgan fingerprint density at radius 3 is 2.96 bits per heavy atom. The highest BCUT2D eigenvalue weighted by Gasteiger charge is 2.43. The number of benzene rings is 1. The summed E-state index contributed by atoms with van der Waals surface area (Å²) in [5.41, 5.74) is 1.17. The van der Waals surface area contributed by atoms with Crippen molar-refractivity contribution in [2.75, 3.05) is 19.6 Å². The van der Waals surface area contributed by atoms with Gasteiger partial charge < -0.3 is 10.1 Å². The van der Waals surface area contributed by atoms with E-state index in [4.69, 9.17) is 4.74 Å². The van der Waals surface area contributed by atoms with Crippen LogP contribution < -0.4 is 10.1 Å². The molecule has 1 atom stereocenters. The molecule has 1 spiro atoms. The number of fused-ring (bicyclic) bond motifs is 1. The third-order valence-electron chi connectivity index (χ3n) is 5.25. The maximum absolute atomic E-state index is 12.5. The van der Waals surface area contributed by atoms with Gasteiger partial charge in [0, 0.05) is 37.0 Å². The van der Waals surface area contributed by atoms with E-state index in [2.05, 4.69) is 26.4 Å². The van der Waals surface area contributed by atoms with Crippen molar-refractivity contribution in [1.29, 1.82) is 0 Å². The summed E-state index contributed by atoms with van der Waals surface area (Å²) in [7, 11) is 0. The molecule has 26 heavy (non-hydrogen) atoms. The quantitative estimate of drug-likeness (QED) is 0.839. The third-order valence-corrected chi connectivity index (χ3v) is 5.75. The van der Waals surface area contributed by atoms with Crippen molar-refractivity contribution in [3.8, 4) is 5.75 Å². The van der Waals surface area contributed by atoms with Crippen molar-refractivity contribution in [3.05, 3.63) is 53.6 Å². The molecule has 1 N–H and O–H groups in total. The predicted octanol–water partition coefficient (Wildman–Crippen LogP) is 2.81. The van der Waals surface area contributed by atoms with Gasteiger partial charge in [-0.25, -0.2) is 0 Å². The number of carbonyl (C=O) groups is 1. The van der Waals surface area contributed by atoms with Crippen LogP contribution >= 0.6 is 11.5 Å². The Morgan fingerprint density at radius 2 is 2.23 bits per heavy atom. The Kier molecular flexibility index (Phi) is 4.74. The van der Waals surface area contributed by atoms with Crippen LogP contribution in [0.15, 0.2) is 42.3 Å². The van der Waals surface area contributed by atoms with Crippen LogP contribution in [0.25, 0.3) is 0 Å². The first kappa shape index (κ1) is 17.2. The zero-order chi connectivity index (χ0) is 18.0. The average molecular weight is 370 g/mol. The Hall–Kier alpha value is -2.25. The maximum atomic E-state index is 12.5. The number of piperidine rings is 1. The van der Waals surface area contributed by atoms with E-state index in [1.54, 1.807) is 5.38 Å². The topological polar surface area (TPSA) is 67.4 Å². The van der Waals surface area contributed by atoms with Crippen LogP contribution in [-0.4, -0.2) is 45.6 Å². The van der Waals surface area contributed by atoms with Gasteiger partial charge in [0.25, 0.3) is 5.91 Å². The zero-order valence-electron chi connectivity index (χ0n) is 14.6.